The molecule has 3 nitrogen and oxygen atoms in total. The molecular formula is C19H26FNO2S. The average molecular weight is 351 g/mol. The molecule has 0 bridgehead atoms. The number of aromatic nitrogens is 1. The summed E-state index contributed by atoms with van der Waals surface area (Å²) < 4.78 is 37.3. The predicted octanol–water partition coefficient (Wildman–Crippen LogP) is 4.18. The van der Waals surface area contributed by atoms with Crippen molar-refractivity contribution in [3.05, 3.63) is 34.9 Å². The molecule has 24 heavy (non-hydrogen) atoms. The second kappa shape index (κ2) is 6.25. The molecule has 0 aliphatic heterocycles. The number of fused-ring (bicyclic) bond motifs is 1. The predicted molar refractivity (Wildman–Crippen MR) is 94.9 cm³/mol. The van der Waals surface area contributed by atoms with Crippen molar-refractivity contribution in [2.24, 2.45) is 11.8 Å². The Morgan fingerprint density at radius 3 is 2.46 bits per heavy atom. The highest BCUT2D eigenvalue weighted by Crippen LogP contribution is 2.39. The minimum Gasteiger partial charge on any atom is -0.228 e. The van der Waals surface area contributed by atoms with E-state index in [0.717, 1.165) is 43.4 Å². The van der Waals surface area contributed by atoms with Crippen molar-refractivity contribution in [1.82, 2.24) is 4.98 Å². The van der Waals surface area contributed by atoms with Crippen LogP contribution in [0.3, 0.4) is 0 Å². The first-order valence-electron chi connectivity index (χ1n) is 8.74. The lowest BCUT2D eigenvalue weighted by atomic mass is 9.78. The Hall–Kier alpha value is -1.23. The number of sulfone groups is 1. The first-order chi connectivity index (χ1) is 11.2. The highest BCUT2D eigenvalue weighted by Gasteiger charge is 2.34. The van der Waals surface area contributed by atoms with Gasteiger partial charge < -0.3 is 0 Å². The Morgan fingerprint density at radius 2 is 1.83 bits per heavy atom. The Bertz CT molecular complexity index is 754. The number of hydrogen-bond acceptors (Lipinski definition) is 3. The van der Waals surface area contributed by atoms with Crippen LogP contribution in [0, 0.1) is 17.8 Å². The summed E-state index contributed by atoms with van der Waals surface area (Å²) in [4.78, 5) is 3.97. The molecule has 0 unspecified atom stereocenters. The van der Waals surface area contributed by atoms with Crippen molar-refractivity contribution in [2.45, 2.75) is 57.6 Å². The number of pyridine rings is 1. The van der Waals surface area contributed by atoms with E-state index in [0.29, 0.717) is 11.7 Å². The second-order valence-electron chi connectivity index (χ2n) is 8.19. The zero-order valence-corrected chi connectivity index (χ0v) is 15.5. The Balaban J connectivity index is 1.60. The molecule has 0 amide bonds. The smallest absolute Gasteiger partial charge is 0.213 e. The van der Waals surface area contributed by atoms with E-state index >= 15 is 0 Å². The van der Waals surface area contributed by atoms with Crippen LogP contribution in [0.25, 0.3) is 6.08 Å². The number of nitrogens with zero attached hydrogens (tertiary/aromatic N) is 1. The van der Waals surface area contributed by atoms with E-state index in [2.05, 4.69) is 4.98 Å². The lowest BCUT2D eigenvalue weighted by molar-refractivity contribution is 0.319. The molecule has 1 aromatic heterocycles. The van der Waals surface area contributed by atoms with Crippen LogP contribution in [0.15, 0.2) is 17.7 Å². The molecule has 0 aromatic carbocycles. The highest BCUT2D eigenvalue weighted by atomic mass is 32.2. The summed E-state index contributed by atoms with van der Waals surface area (Å²) in [5, 5.41) is 0. The van der Waals surface area contributed by atoms with Crippen LogP contribution in [0.2, 0.25) is 0 Å². The molecule has 0 spiro atoms. The van der Waals surface area contributed by atoms with Gasteiger partial charge in [-0.2, -0.15) is 4.39 Å². The maximum Gasteiger partial charge on any atom is 0.213 e. The zero-order chi connectivity index (χ0) is 17.5. The molecule has 132 valence electrons. The largest absolute Gasteiger partial charge is 0.228 e. The summed E-state index contributed by atoms with van der Waals surface area (Å²) >= 11 is 0. The van der Waals surface area contributed by atoms with E-state index in [1.807, 2.05) is 12.1 Å². The van der Waals surface area contributed by atoms with Crippen molar-refractivity contribution < 1.29 is 12.8 Å². The van der Waals surface area contributed by atoms with Crippen LogP contribution >= 0.6 is 0 Å². The third kappa shape index (κ3) is 3.56. The van der Waals surface area contributed by atoms with Gasteiger partial charge >= 0.3 is 0 Å². The van der Waals surface area contributed by atoms with Gasteiger partial charge in [-0.15, -0.1) is 0 Å². The second-order valence-corrected chi connectivity index (χ2v) is 11.0. The first kappa shape index (κ1) is 17.6. The molecule has 0 N–H and O–H groups in total. The highest BCUT2D eigenvalue weighted by molar-refractivity contribution is 7.92. The topological polar surface area (TPSA) is 47.0 Å². The summed E-state index contributed by atoms with van der Waals surface area (Å²) in [6.45, 7) is 5.34. The minimum atomic E-state index is -3.05. The van der Waals surface area contributed by atoms with Crippen molar-refractivity contribution >= 4 is 15.9 Å². The third-order valence-electron chi connectivity index (χ3n) is 5.45. The SMILES string of the molecule is CC(C)(C)S(=O)(=O)CC1CCC(C2=Cc3nc(F)ccc3C2)CC1. The number of rotatable bonds is 3. The molecule has 1 aromatic rings. The van der Waals surface area contributed by atoms with Gasteiger partial charge in [0.15, 0.2) is 9.84 Å². The fourth-order valence-corrected chi connectivity index (χ4v) is 5.18. The Kier molecular flexibility index (Phi) is 4.58. The molecule has 5 heteroatoms. The molecule has 3 rings (SSSR count). The van der Waals surface area contributed by atoms with Gasteiger partial charge in [0.1, 0.15) is 0 Å². The van der Waals surface area contributed by atoms with Crippen molar-refractivity contribution in [3.8, 4) is 0 Å². The van der Waals surface area contributed by atoms with Crippen molar-refractivity contribution in [1.29, 1.82) is 0 Å². The monoisotopic (exact) mass is 351 g/mol. The summed E-state index contributed by atoms with van der Waals surface area (Å²) in [6, 6.07) is 3.24. The maximum atomic E-state index is 13.2. The van der Waals surface area contributed by atoms with Gasteiger partial charge in [0.05, 0.1) is 16.2 Å². The third-order valence-corrected chi connectivity index (χ3v) is 8.23. The molecule has 2 aliphatic rings. The van der Waals surface area contributed by atoms with Gasteiger partial charge in [-0.3, -0.25) is 0 Å². The van der Waals surface area contributed by atoms with Crippen LogP contribution in [0.1, 0.15) is 57.7 Å². The van der Waals surface area contributed by atoms with Crippen LogP contribution < -0.4 is 0 Å². The van der Waals surface area contributed by atoms with E-state index in [1.54, 1.807) is 20.8 Å². The van der Waals surface area contributed by atoms with Crippen molar-refractivity contribution in [3.63, 3.8) is 0 Å². The van der Waals surface area contributed by atoms with Crippen molar-refractivity contribution in [2.75, 3.05) is 5.75 Å². The van der Waals surface area contributed by atoms with Crippen LogP contribution in [0.4, 0.5) is 4.39 Å². The quantitative estimate of drug-likeness (QED) is 0.768. The molecule has 0 radical (unpaired) electrons. The number of allylic oxidation sites excluding steroid dienone is 1. The fourth-order valence-electron chi connectivity index (χ4n) is 3.72. The average Bonchev–Trinajstić information content (AvgIpc) is 2.89. The Morgan fingerprint density at radius 1 is 1.17 bits per heavy atom. The van der Waals surface area contributed by atoms with Gasteiger partial charge in [0.2, 0.25) is 5.95 Å². The van der Waals surface area contributed by atoms with Crippen LogP contribution in [0.5, 0.6) is 0 Å². The van der Waals surface area contributed by atoms with Gasteiger partial charge in [0, 0.05) is 0 Å². The van der Waals surface area contributed by atoms with E-state index in [9.17, 15) is 12.8 Å². The van der Waals surface area contributed by atoms with Crippen LogP contribution in [-0.2, 0) is 16.3 Å². The number of hydrogen-bond donors (Lipinski definition) is 0. The lowest BCUT2D eigenvalue weighted by Gasteiger charge is -2.31. The van der Waals surface area contributed by atoms with Gasteiger partial charge in [-0.05, 0) is 82.4 Å². The molecule has 0 saturated heterocycles. The van der Waals surface area contributed by atoms with Gasteiger partial charge in [-0.1, -0.05) is 11.6 Å². The number of halogens is 1. The van der Waals surface area contributed by atoms with Crippen LogP contribution in [-0.4, -0.2) is 23.9 Å². The van der Waals surface area contributed by atoms with E-state index in [-0.39, 0.29) is 5.92 Å². The molecule has 2 aliphatic carbocycles. The normalized spacial score (nSPS) is 24.6. The van der Waals surface area contributed by atoms with E-state index in [4.69, 9.17) is 0 Å². The summed E-state index contributed by atoms with van der Waals surface area (Å²) in [7, 11) is -3.05. The summed E-state index contributed by atoms with van der Waals surface area (Å²) in [6.07, 6.45) is 6.84. The zero-order valence-electron chi connectivity index (χ0n) is 14.7. The molecule has 1 fully saturated rings. The first-order valence-corrected chi connectivity index (χ1v) is 10.4. The van der Waals surface area contributed by atoms with Gasteiger partial charge in [-0.25, -0.2) is 13.4 Å². The minimum absolute atomic E-state index is 0.269. The van der Waals surface area contributed by atoms with Gasteiger partial charge in [0.25, 0.3) is 0 Å². The van der Waals surface area contributed by atoms with E-state index in [1.165, 1.54) is 11.6 Å². The Labute approximate surface area is 144 Å². The standard InChI is InChI=1S/C19H26FNO2S/c1-19(2,3)24(22,23)12-13-4-6-14(7-5-13)16-10-15-8-9-18(20)21-17(15)11-16/h8-9,11,13-14H,4-7,10,12H2,1-3H3. The summed E-state index contributed by atoms with van der Waals surface area (Å²) in [5.74, 6) is 0.624. The summed E-state index contributed by atoms with van der Waals surface area (Å²) in [5.41, 5.74) is 3.20. The van der Waals surface area contributed by atoms with E-state index < -0.39 is 20.5 Å². The lowest BCUT2D eigenvalue weighted by Crippen LogP contribution is -2.34. The molecule has 1 heterocycles. The maximum absolute atomic E-state index is 13.2. The fraction of sp³-hybridized carbons (Fsp3) is 0.632. The molecular weight excluding hydrogens is 325 g/mol. The molecule has 1 saturated carbocycles. The molecule has 0 atom stereocenters.